The number of aromatic nitrogens is 1. The van der Waals surface area contributed by atoms with Gasteiger partial charge in [-0.25, -0.2) is 4.79 Å². The number of fused-ring (bicyclic) bond motifs is 1. The molecular formula is C12H15NO4. The van der Waals surface area contributed by atoms with Crippen LogP contribution in [0.2, 0.25) is 0 Å². The van der Waals surface area contributed by atoms with Crippen LogP contribution in [0.1, 0.15) is 35.5 Å². The predicted octanol–water partition coefficient (Wildman–Crippen LogP) is 1.17. The van der Waals surface area contributed by atoms with Crippen LogP contribution in [0.25, 0.3) is 0 Å². The van der Waals surface area contributed by atoms with Gasteiger partial charge in [-0.3, -0.25) is 4.79 Å². The van der Waals surface area contributed by atoms with Crippen molar-refractivity contribution < 1.29 is 14.6 Å². The topological polar surface area (TPSA) is 79.4 Å². The summed E-state index contributed by atoms with van der Waals surface area (Å²) in [5.41, 5.74) is 0.792. The van der Waals surface area contributed by atoms with E-state index in [0.717, 1.165) is 11.3 Å². The third kappa shape index (κ3) is 2.24. The molecule has 1 aliphatic heterocycles. The van der Waals surface area contributed by atoms with Gasteiger partial charge in [-0.15, -0.1) is 0 Å². The highest BCUT2D eigenvalue weighted by atomic mass is 16.5. The second-order valence-electron chi connectivity index (χ2n) is 4.62. The van der Waals surface area contributed by atoms with Crippen molar-refractivity contribution in [3.63, 3.8) is 0 Å². The van der Waals surface area contributed by atoms with Crippen LogP contribution in [0, 0.1) is 5.92 Å². The van der Waals surface area contributed by atoms with Crippen molar-refractivity contribution in [1.82, 2.24) is 4.98 Å². The van der Waals surface area contributed by atoms with Crippen LogP contribution in [0.3, 0.4) is 0 Å². The lowest BCUT2D eigenvalue weighted by Crippen LogP contribution is -2.31. The molecule has 0 spiro atoms. The number of carboxylic acid groups (broad SMARTS) is 1. The number of carbonyl (C=O) groups is 1. The number of H-pyrrole nitrogens is 1. The molecule has 17 heavy (non-hydrogen) atoms. The molecule has 2 rings (SSSR count). The average Bonchev–Trinajstić information content (AvgIpc) is 2.26. The van der Waals surface area contributed by atoms with Crippen LogP contribution in [0.15, 0.2) is 10.9 Å². The maximum atomic E-state index is 11.5. The number of carboxylic acids is 1. The SMILES string of the molecule is CC(C)[C@@H]1Cc2[nH]c(=O)c(C(=O)O)cc2CO1. The first kappa shape index (κ1) is 11.9. The molecule has 2 N–H and O–H groups in total. The van der Waals surface area contributed by atoms with Gasteiger partial charge >= 0.3 is 5.97 Å². The van der Waals surface area contributed by atoms with Gasteiger partial charge < -0.3 is 14.8 Å². The minimum Gasteiger partial charge on any atom is -0.477 e. The Morgan fingerprint density at radius 1 is 1.59 bits per heavy atom. The van der Waals surface area contributed by atoms with Crippen molar-refractivity contribution in [1.29, 1.82) is 0 Å². The molecule has 0 saturated heterocycles. The molecule has 0 unspecified atom stereocenters. The fourth-order valence-electron chi connectivity index (χ4n) is 1.97. The summed E-state index contributed by atoms with van der Waals surface area (Å²) in [6.45, 7) is 4.47. The van der Waals surface area contributed by atoms with E-state index in [1.54, 1.807) is 0 Å². The molecule has 0 bridgehead atoms. The molecule has 1 atom stereocenters. The lowest BCUT2D eigenvalue weighted by Gasteiger charge is -2.27. The molecule has 1 aromatic rings. The Morgan fingerprint density at radius 2 is 2.29 bits per heavy atom. The summed E-state index contributed by atoms with van der Waals surface area (Å²) >= 11 is 0. The lowest BCUT2D eigenvalue weighted by atomic mass is 9.96. The zero-order valence-electron chi connectivity index (χ0n) is 9.82. The number of pyridine rings is 1. The third-order valence-electron chi connectivity index (χ3n) is 3.05. The number of aromatic carboxylic acids is 1. The molecule has 0 amide bonds. The lowest BCUT2D eigenvalue weighted by molar-refractivity contribution is -0.00168. The quantitative estimate of drug-likeness (QED) is 0.809. The molecule has 0 fully saturated rings. The molecule has 0 aliphatic carbocycles. The van der Waals surface area contributed by atoms with E-state index in [1.807, 2.05) is 0 Å². The maximum absolute atomic E-state index is 11.5. The van der Waals surface area contributed by atoms with Crippen molar-refractivity contribution in [2.24, 2.45) is 5.92 Å². The first-order chi connectivity index (χ1) is 7.99. The van der Waals surface area contributed by atoms with E-state index in [9.17, 15) is 9.59 Å². The fraction of sp³-hybridized carbons (Fsp3) is 0.500. The van der Waals surface area contributed by atoms with E-state index in [0.29, 0.717) is 18.9 Å². The van der Waals surface area contributed by atoms with Crippen LogP contribution < -0.4 is 5.56 Å². The average molecular weight is 237 g/mol. The molecule has 0 aromatic carbocycles. The van der Waals surface area contributed by atoms with Crippen molar-refractivity contribution in [2.75, 3.05) is 0 Å². The first-order valence-corrected chi connectivity index (χ1v) is 5.59. The summed E-state index contributed by atoms with van der Waals surface area (Å²) in [4.78, 5) is 25.0. The molecule has 2 heterocycles. The predicted molar refractivity (Wildman–Crippen MR) is 61.1 cm³/mol. The summed E-state index contributed by atoms with van der Waals surface area (Å²) in [7, 11) is 0. The molecule has 1 aromatic heterocycles. The van der Waals surface area contributed by atoms with Gasteiger partial charge in [-0.05, 0) is 17.5 Å². The van der Waals surface area contributed by atoms with Crippen molar-refractivity contribution in [3.05, 3.63) is 33.2 Å². The number of hydrogen-bond donors (Lipinski definition) is 2. The Labute approximate surface area is 98.4 Å². The minimum absolute atomic E-state index is 0.0776. The monoisotopic (exact) mass is 237 g/mol. The van der Waals surface area contributed by atoms with Gasteiger partial charge in [0.2, 0.25) is 0 Å². The summed E-state index contributed by atoms with van der Waals surface area (Å²) in [5, 5.41) is 8.85. The zero-order valence-corrected chi connectivity index (χ0v) is 9.82. The van der Waals surface area contributed by atoms with E-state index in [4.69, 9.17) is 9.84 Å². The van der Waals surface area contributed by atoms with E-state index < -0.39 is 11.5 Å². The van der Waals surface area contributed by atoms with Crippen molar-refractivity contribution in [2.45, 2.75) is 33.0 Å². The van der Waals surface area contributed by atoms with Crippen LogP contribution in [-0.4, -0.2) is 22.2 Å². The highest BCUT2D eigenvalue weighted by Crippen LogP contribution is 2.22. The summed E-state index contributed by atoms with van der Waals surface area (Å²) < 4.78 is 5.63. The summed E-state index contributed by atoms with van der Waals surface area (Å²) in [6, 6.07) is 1.41. The number of rotatable bonds is 2. The van der Waals surface area contributed by atoms with Gasteiger partial charge in [0.25, 0.3) is 5.56 Å². The van der Waals surface area contributed by atoms with E-state index in [1.165, 1.54) is 6.07 Å². The number of nitrogens with one attached hydrogen (secondary N) is 1. The Morgan fingerprint density at radius 3 is 2.88 bits per heavy atom. The largest absolute Gasteiger partial charge is 0.477 e. The Hall–Kier alpha value is -1.62. The molecule has 5 nitrogen and oxygen atoms in total. The van der Waals surface area contributed by atoms with Crippen molar-refractivity contribution >= 4 is 5.97 Å². The van der Waals surface area contributed by atoms with Gasteiger partial charge in [-0.1, -0.05) is 13.8 Å². The van der Waals surface area contributed by atoms with Gasteiger partial charge in [-0.2, -0.15) is 0 Å². The normalized spacial score (nSPS) is 19.1. The molecular weight excluding hydrogens is 222 g/mol. The van der Waals surface area contributed by atoms with Crippen LogP contribution in [0.5, 0.6) is 0 Å². The minimum atomic E-state index is -1.21. The molecule has 92 valence electrons. The Bertz CT molecular complexity index is 504. The third-order valence-corrected chi connectivity index (χ3v) is 3.05. The van der Waals surface area contributed by atoms with Gasteiger partial charge in [0, 0.05) is 12.1 Å². The number of ether oxygens (including phenoxy) is 1. The second-order valence-corrected chi connectivity index (χ2v) is 4.62. The van der Waals surface area contributed by atoms with Gasteiger partial charge in [0.1, 0.15) is 5.56 Å². The van der Waals surface area contributed by atoms with E-state index in [2.05, 4.69) is 18.8 Å². The highest BCUT2D eigenvalue weighted by molar-refractivity contribution is 5.87. The zero-order chi connectivity index (χ0) is 12.6. The Kier molecular flexibility index (Phi) is 3.02. The Balaban J connectivity index is 2.39. The van der Waals surface area contributed by atoms with Crippen LogP contribution in [0.4, 0.5) is 0 Å². The fourth-order valence-corrected chi connectivity index (χ4v) is 1.97. The smallest absolute Gasteiger partial charge is 0.341 e. The standard InChI is InChI=1S/C12H15NO4/c1-6(2)10-4-9-7(5-17-10)3-8(12(15)16)11(14)13-9/h3,6,10H,4-5H2,1-2H3,(H,13,14)(H,15,16)/t10-/m0/s1. The molecule has 0 saturated carbocycles. The highest BCUT2D eigenvalue weighted by Gasteiger charge is 2.24. The second kappa shape index (κ2) is 4.33. The van der Waals surface area contributed by atoms with Gasteiger partial charge in [0.15, 0.2) is 0 Å². The van der Waals surface area contributed by atoms with Gasteiger partial charge in [0.05, 0.1) is 12.7 Å². The maximum Gasteiger partial charge on any atom is 0.341 e. The number of aromatic amines is 1. The molecule has 1 aliphatic rings. The summed E-state index contributed by atoms with van der Waals surface area (Å²) in [5.74, 6) is -0.842. The van der Waals surface area contributed by atoms with Crippen molar-refractivity contribution in [3.8, 4) is 0 Å². The molecule has 5 heteroatoms. The van der Waals surface area contributed by atoms with E-state index >= 15 is 0 Å². The van der Waals surface area contributed by atoms with Crippen LogP contribution >= 0.6 is 0 Å². The van der Waals surface area contributed by atoms with Crippen LogP contribution in [-0.2, 0) is 17.8 Å². The first-order valence-electron chi connectivity index (χ1n) is 5.59. The number of hydrogen-bond acceptors (Lipinski definition) is 3. The molecule has 0 radical (unpaired) electrons. The summed E-state index contributed by atoms with van der Waals surface area (Å²) in [6.07, 6.45) is 0.705. The van der Waals surface area contributed by atoms with E-state index in [-0.39, 0.29) is 11.7 Å².